The molecule has 0 radical (unpaired) electrons. The van der Waals surface area contributed by atoms with E-state index in [0.717, 1.165) is 21.3 Å². The van der Waals surface area contributed by atoms with Crippen LogP contribution < -0.4 is 10.6 Å². The van der Waals surface area contributed by atoms with E-state index in [1.54, 1.807) is 6.92 Å². The van der Waals surface area contributed by atoms with Crippen LogP contribution in [0.3, 0.4) is 0 Å². The molecule has 0 heterocycles. The maximum Gasteiger partial charge on any atom is 0.407 e. The summed E-state index contributed by atoms with van der Waals surface area (Å²) in [7, 11) is 0. The summed E-state index contributed by atoms with van der Waals surface area (Å²) in [5.74, 6) is -0.541. The minimum atomic E-state index is -0.539. The maximum absolute atomic E-state index is 12.2. The van der Waals surface area contributed by atoms with E-state index in [1.165, 1.54) is 0 Å². The Balaban J connectivity index is 1.76. The third-order valence-corrected chi connectivity index (χ3v) is 4.15. The van der Waals surface area contributed by atoms with Crippen molar-refractivity contribution >= 4 is 33.6 Å². The molecule has 25 heavy (non-hydrogen) atoms. The van der Waals surface area contributed by atoms with Crippen LogP contribution in [0.15, 0.2) is 53.0 Å². The first kappa shape index (κ1) is 19.0. The fraction of sp³-hybridized carbons (Fsp3) is 0.263. The Bertz CT molecular complexity index is 735. The lowest BCUT2D eigenvalue weighted by Crippen LogP contribution is -2.34. The lowest BCUT2D eigenvalue weighted by atomic mass is 10.1. The van der Waals surface area contributed by atoms with Gasteiger partial charge in [-0.15, -0.1) is 0 Å². The van der Waals surface area contributed by atoms with E-state index in [4.69, 9.17) is 4.74 Å². The van der Waals surface area contributed by atoms with Crippen LogP contribution in [0.5, 0.6) is 0 Å². The van der Waals surface area contributed by atoms with Gasteiger partial charge in [0.25, 0.3) is 0 Å². The van der Waals surface area contributed by atoms with Crippen LogP contribution in [0.2, 0.25) is 0 Å². The second-order valence-corrected chi connectivity index (χ2v) is 6.71. The monoisotopic (exact) mass is 404 g/mol. The summed E-state index contributed by atoms with van der Waals surface area (Å²) < 4.78 is 6.08. The third-order valence-electron chi connectivity index (χ3n) is 3.66. The summed E-state index contributed by atoms with van der Waals surface area (Å²) >= 11 is 3.39. The number of rotatable bonds is 6. The normalized spacial score (nSPS) is 11.5. The molecular formula is C19H21BrN2O3. The zero-order chi connectivity index (χ0) is 18.2. The van der Waals surface area contributed by atoms with Crippen LogP contribution in [0.1, 0.15) is 18.1 Å². The molecule has 1 atom stereocenters. The molecule has 2 aromatic rings. The number of hydrogen-bond acceptors (Lipinski definition) is 3. The van der Waals surface area contributed by atoms with Gasteiger partial charge in [-0.25, -0.2) is 4.79 Å². The minimum Gasteiger partial charge on any atom is -0.445 e. The molecule has 6 heteroatoms. The van der Waals surface area contributed by atoms with E-state index in [1.807, 2.05) is 55.5 Å². The number of benzene rings is 2. The molecule has 0 unspecified atom stereocenters. The molecule has 0 bridgehead atoms. The van der Waals surface area contributed by atoms with Crippen LogP contribution >= 0.6 is 15.9 Å². The van der Waals surface area contributed by atoms with Crippen molar-refractivity contribution in [3.63, 3.8) is 0 Å². The number of alkyl carbamates (subject to hydrolysis) is 1. The van der Waals surface area contributed by atoms with Gasteiger partial charge >= 0.3 is 6.09 Å². The Morgan fingerprint density at radius 3 is 2.56 bits per heavy atom. The molecule has 0 aliphatic carbocycles. The van der Waals surface area contributed by atoms with E-state index < -0.39 is 6.09 Å². The van der Waals surface area contributed by atoms with Gasteiger partial charge < -0.3 is 15.4 Å². The topological polar surface area (TPSA) is 67.4 Å². The molecule has 0 aromatic heterocycles. The maximum atomic E-state index is 12.2. The molecule has 2 aromatic carbocycles. The van der Waals surface area contributed by atoms with Crippen LogP contribution in [0, 0.1) is 12.8 Å². The van der Waals surface area contributed by atoms with Gasteiger partial charge in [-0.1, -0.05) is 53.2 Å². The zero-order valence-electron chi connectivity index (χ0n) is 14.2. The van der Waals surface area contributed by atoms with Crippen LogP contribution in [0.4, 0.5) is 10.5 Å². The van der Waals surface area contributed by atoms with E-state index in [-0.39, 0.29) is 25.0 Å². The fourth-order valence-electron chi connectivity index (χ4n) is 2.13. The zero-order valence-corrected chi connectivity index (χ0v) is 15.8. The number of ether oxygens (including phenoxy) is 1. The molecule has 0 saturated heterocycles. The van der Waals surface area contributed by atoms with E-state index in [2.05, 4.69) is 26.6 Å². The molecule has 0 spiro atoms. The van der Waals surface area contributed by atoms with E-state index in [9.17, 15) is 9.59 Å². The molecule has 132 valence electrons. The molecule has 2 amide bonds. The number of halogens is 1. The SMILES string of the molecule is Cc1cc(Br)ccc1NC(=O)[C@H](C)CNC(=O)OCc1ccccc1. The molecule has 2 N–H and O–H groups in total. The van der Waals surface area contributed by atoms with Crippen molar-refractivity contribution in [3.05, 3.63) is 64.1 Å². The smallest absolute Gasteiger partial charge is 0.407 e. The Labute approximate surface area is 155 Å². The number of nitrogens with one attached hydrogen (secondary N) is 2. The predicted octanol–water partition coefficient (Wildman–Crippen LogP) is 4.26. The lowest BCUT2D eigenvalue weighted by Gasteiger charge is -2.14. The predicted molar refractivity (Wildman–Crippen MR) is 101 cm³/mol. The summed E-state index contributed by atoms with van der Waals surface area (Å²) in [6.07, 6.45) is -0.539. The molecule has 0 aliphatic heterocycles. The Kier molecular flexibility index (Phi) is 7.01. The van der Waals surface area contributed by atoms with Gasteiger partial charge in [0, 0.05) is 16.7 Å². The molecule has 2 rings (SSSR count). The first-order valence-electron chi connectivity index (χ1n) is 7.97. The molecule has 5 nitrogen and oxygen atoms in total. The first-order valence-corrected chi connectivity index (χ1v) is 8.76. The standard InChI is InChI=1S/C19H21BrN2O3/c1-13-10-16(20)8-9-17(13)22-18(23)14(2)11-21-19(24)25-12-15-6-4-3-5-7-15/h3-10,14H,11-12H2,1-2H3,(H,21,24)(H,22,23)/t14-/m1/s1. The average molecular weight is 405 g/mol. The van der Waals surface area contributed by atoms with Gasteiger partial charge in [-0.2, -0.15) is 0 Å². The van der Waals surface area contributed by atoms with Crippen molar-refractivity contribution in [1.82, 2.24) is 5.32 Å². The molecular weight excluding hydrogens is 384 g/mol. The highest BCUT2D eigenvalue weighted by atomic mass is 79.9. The Hall–Kier alpha value is -2.34. The first-order chi connectivity index (χ1) is 12.0. The highest BCUT2D eigenvalue weighted by molar-refractivity contribution is 9.10. The van der Waals surface area contributed by atoms with Crippen molar-refractivity contribution in [1.29, 1.82) is 0 Å². The highest BCUT2D eigenvalue weighted by Gasteiger charge is 2.15. The molecule has 0 saturated carbocycles. The summed E-state index contributed by atoms with van der Waals surface area (Å²) in [5, 5.41) is 5.48. The van der Waals surface area contributed by atoms with E-state index >= 15 is 0 Å². The Morgan fingerprint density at radius 2 is 1.88 bits per heavy atom. The lowest BCUT2D eigenvalue weighted by molar-refractivity contribution is -0.119. The largest absolute Gasteiger partial charge is 0.445 e. The third kappa shape index (κ3) is 6.23. The van der Waals surface area contributed by atoms with Crippen LogP contribution in [-0.2, 0) is 16.1 Å². The minimum absolute atomic E-state index is 0.159. The van der Waals surface area contributed by atoms with Gasteiger partial charge in [-0.3, -0.25) is 4.79 Å². The van der Waals surface area contributed by atoms with Gasteiger partial charge in [0.05, 0.1) is 5.92 Å². The van der Waals surface area contributed by atoms with Crippen LogP contribution in [-0.4, -0.2) is 18.5 Å². The van der Waals surface area contributed by atoms with Crippen molar-refractivity contribution < 1.29 is 14.3 Å². The van der Waals surface area contributed by atoms with Crippen molar-refractivity contribution in [2.75, 3.05) is 11.9 Å². The highest BCUT2D eigenvalue weighted by Crippen LogP contribution is 2.20. The fourth-order valence-corrected chi connectivity index (χ4v) is 2.60. The molecule has 0 aliphatic rings. The second kappa shape index (κ2) is 9.22. The van der Waals surface area contributed by atoms with Crippen molar-refractivity contribution in [2.45, 2.75) is 20.5 Å². The van der Waals surface area contributed by atoms with Gasteiger partial charge in [0.1, 0.15) is 6.61 Å². The number of amides is 2. The quantitative estimate of drug-likeness (QED) is 0.755. The van der Waals surface area contributed by atoms with Crippen molar-refractivity contribution in [2.24, 2.45) is 5.92 Å². The van der Waals surface area contributed by atoms with Gasteiger partial charge in [0.15, 0.2) is 0 Å². The molecule has 0 fully saturated rings. The summed E-state index contributed by atoms with van der Waals surface area (Å²) in [6.45, 7) is 4.08. The number of anilines is 1. The number of aryl methyl sites for hydroxylation is 1. The average Bonchev–Trinajstić information content (AvgIpc) is 2.61. The Morgan fingerprint density at radius 1 is 1.16 bits per heavy atom. The number of carbonyl (C=O) groups is 2. The second-order valence-electron chi connectivity index (χ2n) is 5.79. The van der Waals surface area contributed by atoms with Gasteiger partial charge in [-0.05, 0) is 36.2 Å². The van der Waals surface area contributed by atoms with Crippen molar-refractivity contribution in [3.8, 4) is 0 Å². The summed E-state index contributed by atoms with van der Waals surface area (Å²) in [4.78, 5) is 23.9. The van der Waals surface area contributed by atoms with E-state index in [0.29, 0.717) is 0 Å². The number of carbonyl (C=O) groups excluding carboxylic acids is 2. The summed E-state index contributed by atoms with van der Waals surface area (Å²) in [6, 6.07) is 15.1. The van der Waals surface area contributed by atoms with Crippen LogP contribution in [0.25, 0.3) is 0 Å². The number of hydrogen-bond donors (Lipinski definition) is 2. The van der Waals surface area contributed by atoms with Gasteiger partial charge in [0.2, 0.25) is 5.91 Å². The summed E-state index contributed by atoms with van der Waals surface area (Å²) in [5.41, 5.74) is 2.63.